The predicted molar refractivity (Wildman–Crippen MR) is 63.5 cm³/mol. The summed E-state index contributed by atoms with van der Waals surface area (Å²) in [6.45, 7) is 3.90. The minimum atomic E-state index is -0.846. The summed E-state index contributed by atoms with van der Waals surface area (Å²) in [4.78, 5) is 0. The summed E-state index contributed by atoms with van der Waals surface area (Å²) >= 11 is 0. The van der Waals surface area contributed by atoms with E-state index in [0.717, 1.165) is 6.07 Å². The number of hydrogen-bond donors (Lipinski definition) is 1. The quantitative estimate of drug-likeness (QED) is 0.855. The fourth-order valence-corrected chi connectivity index (χ4v) is 1.43. The lowest BCUT2D eigenvalue weighted by Crippen LogP contribution is -2.00. The smallest absolute Gasteiger partial charge is 0.165 e. The fraction of sp³-hybridized carbons (Fsp3) is 0.250. The largest absolute Gasteiger partial charge is 0.452 e. The first-order valence-electron chi connectivity index (χ1n) is 5.44. The van der Waals surface area contributed by atoms with Gasteiger partial charge in [-0.25, -0.2) is 8.78 Å². The Bertz CT molecular complexity index is 566. The number of halogens is 2. The van der Waals surface area contributed by atoms with Gasteiger partial charge in [0.05, 0.1) is 12.4 Å². The molecule has 0 fully saturated rings. The van der Waals surface area contributed by atoms with E-state index in [-0.39, 0.29) is 17.5 Å². The average molecular weight is 253 g/mol. The summed E-state index contributed by atoms with van der Waals surface area (Å²) < 4.78 is 33.2. The molecule has 0 aliphatic rings. The molecule has 0 amide bonds. The Morgan fingerprint density at radius 1 is 1.33 bits per heavy atom. The monoisotopic (exact) mass is 253 g/mol. The van der Waals surface area contributed by atoms with Crippen molar-refractivity contribution < 1.29 is 13.5 Å². The number of nitrogens with zero attached hydrogens (tertiary/aromatic N) is 2. The maximum absolute atomic E-state index is 13.2. The SMILES string of the molecule is CC(C)n1cc(Oc2cc(F)cc(F)c2N)cn1. The molecule has 0 bridgehead atoms. The molecule has 96 valence electrons. The first kappa shape index (κ1) is 12.3. The van der Waals surface area contributed by atoms with Crippen molar-refractivity contribution in [2.75, 3.05) is 5.73 Å². The van der Waals surface area contributed by atoms with Crippen molar-refractivity contribution >= 4 is 5.69 Å². The highest BCUT2D eigenvalue weighted by Crippen LogP contribution is 2.30. The Kier molecular flexibility index (Phi) is 3.18. The molecule has 6 heteroatoms. The summed E-state index contributed by atoms with van der Waals surface area (Å²) in [5.41, 5.74) is 5.24. The van der Waals surface area contributed by atoms with Crippen LogP contribution in [0.15, 0.2) is 24.5 Å². The Morgan fingerprint density at radius 3 is 2.67 bits per heavy atom. The van der Waals surface area contributed by atoms with Crippen LogP contribution in [0.2, 0.25) is 0 Å². The zero-order valence-corrected chi connectivity index (χ0v) is 10.0. The van der Waals surface area contributed by atoms with Crippen molar-refractivity contribution in [3.05, 3.63) is 36.2 Å². The normalized spacial score (nSPS) is 10.9. The maximum Gasteiger partial charge on any atom is 0.165 e. The highest BCUT2D eigenvalue weighted by Gasteiger charge is 2.11. The van der Waals surface area contributed by atoms with E-state index >= 15 is 0 Å². The molecule has 2 rings (SSSR count). The van der Waals surface area contributed by atoms with E-state index in [2.05, 4.69) is 5.10 Å². The van der Waals surface area contributed by atoms with E-state index in [4.69, 9.17) is 10.5 Å². The summed E-state index contributed by atoms with van der Waals surface area (Å²) in [7, 11) is 0. The molecule has 2 N–H and O–H groups in total. The molecule has 4 nitrogen and oxygen atoms in total. The van der Waals surface area contributed by atoms with Gasteiger partial charge >= 0.3 is 0 Å². The molecule has 1 aromatic heterocycles. The third-order valence-electron chi connectivity index (χ3n) is 2.39. The summed E-state index contributed by atoms with van der Waals surface area (Å²) in [5.74, 6) is -1.27. The molecule has 0 aliphatic heterocycles. The van der Waals surface area contributed by atoms with Crippen LogP contribution in [0.25, 0.3) is 0 Å². The molecule has 0 spiro atoms. The summed E-state index contributed by atoms with van der Waals surface area (Å²) in [5, 5.41) is 4.05. The van der Waals surface area contributed by atoms with Crippen molar-refractivity contribution in [2.45, 2.75) is 19.9 Å². The Balaban J connectivity index is 2.28. The fourth-order valence-electron chi connectivity index (χ4n) is 1.43. The van der Waals surface area contributed by atoms with E-state index in [0.29, 0.717) is 11.8 Å². The zero-order chi connectivity index (χ0) is 13.3. The van der Waals surface area contributed by atoms with Crippen LogP contribution in [-0.4, -0.2) is 9.78 Å². The van der Waals surface area contributed by atoms with E-state index in [9.17, 15) is 8.78 Å². The minimum Gasteiger partial charge on any atom is -0.452 e. The predicted octanol–water partition coefficient (Wildman–Crippen LogP) is 3.12. The second-order valence-corrected chi connectivity index (χ2v) is 4.15. The van der Waals surface area contributed by atoms with Crippen LogP contribution in [0.5, 0.6) is 11.5 Å². The van der Waals surface area contributed by atoms with Gasteiger partial charge in [-0.3, -0.25) is 4.68 Å². The Hall–Kier alpha value is -2.11. The molecule has 0 radical (unpaired) electrons. The number of aromatic nitrogens is 2. The Morgan fingerprint density at radius 2 is 2.06 bits per heavy atom. The second-order valence-electron chi connectivity index (χ2n) is 4.15. The van der Waals surface area contributed by atoms with Crippen LogP contribution < -0.4 is 10.5 Å². The number of rotatable bonds is 3. The van der Waals surface area contributed by atoms with E-state index in [1.54, 1.807) is 10.9 Å². The Labute approximate surface area is 103 Å². The first-order chi connectivity index (χ1) is 8.47. The summed E-state index contributed by atoms with van der Waals surface area (Å²) in [6.07, 6.45) is 3.09. The van der Waals surface area contributed by atoms with Crippen molar-refractivity contribution in [1.29, 1.82) is 0 Å². The third-order valence-corrected chi connectivity index (χ3v) is 2.39. The van der Waals surface area contributed by atoms with Crippen LogP contribution >= 0.6 is 0 Å². The number of nitrogen functional groups attached to an aromatic ring is 1. The topological polar surface area (TPSA) is 53.1 Å². The number of anilines is 1. The lowest BCUT2D eigenvalue weighted by molar-refractivity contribution is 0.468. The second kappa shape index (κ2) is 4.64. The highest BCUT2D eigenvalue weighted by atomic mass is 19.1. The van der Waals surface area contributed by atoms with Gasteiger partial charge in [-0.1, -0.05) is 0 Å². The van der Waals surface area contributed by atoms with Crippen molar-refractivity contribution in [3.8, 4) is 11.5 Å². The molecule has 0 saturated carbocycles. The molecule has 2 aromatic rings. The molecule has 1 heterocycles. The lowest BCUT2D eigenvalue weighted by atomic mass is 10.3. The number of hydrogen-bond acceptors (Lipinski definition) is 3. The van der Waals surface area contributed by atoms with Gasteiger partial charge in [-0.15, -0.1) is 0 Å². The molecule has 0 unspecified atom stereocenters. The molecule has 1 aromatic carbocycles. The number of benzene rings is 1. The van der Waals surface area contributed by atoms with E-state index < -0.39 is 11.6 Å². The summed E-state index contributed by atoms with van der Waals surface area (Å²) in [6, 6.07) is 1.91. The van der Waals surface area contributed by atoms with Crippen LogP contribution in [-0.2, 0) is 0 Å². The van der Waals surface area contributed by atoms with Crippen LogP contribution in [0.3, 0.4) is 0 Å². The first-order valence-corrected chi connectivity index (χ1v) is 5.44. The van der Waals surface area contributed by atoms with E-state index in [1.165, 1.54) is 6.20 Å². The highest BCUT2D eigenvalue weighted by molar-refractivity contribution is 5.54. The molecule has 0 saturated heterocycles. The van der Waals surface area contributed by atoms with Gasteiger partial charge in [0, 0.05) is 18.2 Å². The van der Waals surface area contributed by atoms with Gasteiger partial charge in [-0.2, -0.15) is 5.10 Å². The molecule has 0 atom stereocenters. The van der Waals surface area contributed by atoms with E-state index in [1.807, 2.05) is 13.8 Å². The molecule has 0 aliphatic carbocycles. The number of nitrogens with two attached hydrogens (primary N) is 1. The van der Waals surface area contributed by atoms with Gasteiger partial charge in [0.15, 0.2) is 17.3 Å². The van der Waals surface area contributed by atoms with Crippen LogP contribution in [0, 0.1) is 11.6 Å². The molecular formula is C12H13F2N3O. The molecular weight excluding hydrogens is 240 g/mol. The van der Waals surface area contributed by atoms with Crippen molar-refractivity contribution in [2.24, 2.45) is 0 Å². The minimum absolute atomic E-state index is 0.0594. The zero-order valence-electron chi connectivity index (χ0n) is 10.0. The molecule has 18 heavy (non-hydrogen) atoms. The number of ether oxygens (including phenoxy) is 1. The lowest BCUT2D eigenvalue weighted by Gasteiger charge is -2.07. The van der Waals surface area contributed by atoms with Gasteiger partial charge in [0.25, 0.3) is 0 Å². The van der Waals surface area contributed by atoms with Gasteiger partial charge in [0.2, 0.25) is 0 Å². The standard InChI is InChI=1S/C12H13F2N3O/c1-7(2)17-6-9(5-16-17)18-11-4-8(13)3-10(14)12(11)15/h3-7H,15H2,1-2H3. The van der Waals surface area contributed by atoms with Crippen molar-refractivity contribution in [3.63, 3.8) is 0 Å². The van der Waals surface area contributed by atoms with Gasteiger partial charge in [-0.05, 0) is 13.8 Å². The van der Waals surface area contributed by atoms with Crippen LogP contribution in [0.4, 0.5) is 14.5 Å². The average Bonchev–Trinajstić information content (AvgIpc) is 2.74. The van der Waals surface area contributed by atoms with Crippen molar-refractivity contribution in [1.82, 2.24) is 9.78 Å². The maximum atomic E-state index is 13.2. The van der Waals surface area contributed by atoms with Gasteiger partial charge in [0.1, 0.15) is 11.5 Å². The van der Waals surface area contributed by atoms with Gasteiger partial charge < -0.3 is 10.5 Å². The van der Waals surface area contributed by atoms with Crippen LogP contribution in [0.1, 0.15) is 19.9 Å². The third kappa shape index (κ3) is 2.42.